The molecule has 0 aromatic heterocycles. The highest BCUT2D eigenvalue weighted by Gasteiger charge is 2.14. The molecule has 1 amide bonds. The van der Waals surface area contributed by atoms with E-state index < -0.39 is 0 Å². The lowest BCUT2D eigenvalue weighted by Crippen LogP contribution is -2.23. The molecule has 3 N–H and O–H groups in total. The predicted octanol–water partition coefficient (Wildman–Crippen LogP) is 3.79. The molecule has 3 nitrogen and oxygen atoms in total. The summed E-state index contributed by atoms with van der Waals surface area (Å²) in [6.45, 7) is 4.87. The topological polar surface area (TPSA) is 55.1 Å². The lowest BCUT2D eigenvalue weighted by atomic mass is 9.94. The molecule has 0 aliphatic heterocycles. The van der Waals surface area contributed by atoms with Crippen LogP contribution in [0.3, 0.4) is 0 Å². The van der Waals surface area contributed by atoms with Crippen LogP contribution in [-0.2, 0) is 4.79 Å². The first-order chi connectivity index (χ1) is 10.1. The van der Waals surface area contributed by atoms with E-state index in [4.69, 9.17) is 5.73 Å². The van der Waals surface area contributed by atoms with Gasteiger partial charge in [0, 0.05) is 12.1 Å². The van der Waals surface area contributed by atoms with Crippen LogP contribution < -0.4 is 11.1 Å². The van der Waals surface area contributed by atoms with Crippen molar-refractivity contribution >= 4 is 22.4 Å². The van der Waals surface area contributed by atoms with Crippen molar-refractivity contribution in [2.75, 3.05) is 11.9 Å². The molecule has 3 heteroatoms. The maximum Gasteiger partial charge on any atom is 0.224 e. The van der Waals surface area contributed by atoms with Gasteiger partial charge in [-0.3, -0.25) is 4.79 Å². The van der Waals surface area contributed by atoms with E-state index in [0.29, 0.717) is 18.9 Å². The molecule has 0 saturated heterocycles. The minimum atomic E-state index is 0.0429. The van der Waals surface area contributed by atoms with Gasteiger partial charge in [-0.05, 0) is 47.7 Å². The molecule has 0 aliphatic rings. The van der Waals surface area contributed by atoms with Gasteiger partial charge in [-0.15, -0.1) is 0 Å². The van der Waals surface area contributed by atoms with Crippen molar-refractivity contribution in [2.24, 2.45) is 17.6 Å². The Morgan fingerprint density at radius 1 is 1.14 bits per heavy atom. The van der Waals surface area contributed by atoms with Crippen molar-refractivity contribution in [3.63, 3.8) is 0 Å². The second kappa shape index (κ2) is 7.23. The second-order valence-electron chi connectivity index (χ2n) is 6.05. The van der Waals surface area contributed by atoms with Gasteiger partial charge in [0.05, 0.1) is 0 Å². The van der Waals surface area contributed by atoms with E-state index in [0.717, 1.165) is 17.5 Å². The Hall–Kier alpha value is -1.87. The Labute approximate surface area is 126 Å². The summed E-state index contributed by atoms with van der Waals surface area (Å²) in [4.78, 5) is 12.1. The van der Waals surface area contributed by atoms with E-state index in [1.165, 1.54) is 5.39 Å². The van der Waals surface area contributed by atoms with E-state index in [1.807, 2.05) is 36.4 Å². The van der Waals surface area contributed by atoms with Crippen molar-refractivity contribution in [2.45, 2.75) is 26.7 Å². The van der Waals surface area contributed by atoms with E-state index >= 15 is 0 Å². The molecule has 2 rings (SSSR count). The Morgan fingerprint density at radius 2 is 1.86 bits per heavy atom. The molecule has 21 heavy (non-hydrogen) atoms. The van der Waals surface area contributed by atoms with Crippen LogP contribution in [0.4, 0.5) is 5.69 Å². The van der Waals surface area contributed by atoms with Gasteiger partial charge in [0.2, 0.25) is 5.91 Å². The van der Waals surface area contributed by atoms with Crippen LogP contribution in [0.15, 0.2) is 42.5 Å². The smallest absolute Gasteiger partial charge is 0.224 e. The fourth-order valence-corrected chi connectivity index (χ4v) is 2.67. The van der Waals surface area contributed by atoms with Crippen molar-refractivity contribution in [1.82, 2.24) is 0 Å². The van der Waals surface area contributed by atoms with E-state index in [-0.39, 0.29) is 11.8 Å². The Bertz CT molecular complexity index is 607. The van der Waals surface area contributed by atoms with Gasteiger partial charge in [-0.1, -0.05) is 44.2 Å². The van der Waals surface area contributed by atoms with Crippen molar-refractivity contribution in [3.05, 3.63) is 42.5 Å². The van der Waals surface area contributed by atoms with Gasteiger partial charge >= 0.3 is 0 Å². The first-order valence-electron chi connectivity index (χ1n) is 7.57. The minimum Gasteiger partial charge on any atom is -0.330 e. The summed E-state index contributed by atoms with van der Waals surface area (Å²) >= 11 is 0. The third-order valence-corrected chi connectivity index (χ3v) is 3.65. The standard InChI is InChI=1S/C18H24N2O/c1-13(2)9-14(12-19)10-18(21)20-17-8-7-15-5-3-4-6-16(15)11-17/h3-8,11,13-14H,9-10,12,19H2,1-2H3,(H,20,21)/t14-/m0/s1. The molecule has 0 fully saturated rings. The van der Waals surface area contributed by atoms with E-state index in [9.17, 15) is 4.79 Å². The summed E-state index contributed by atoms with van der Waals surface area (Å²) in [6.07, 6.45) is 1.48. The molecule has 0 bridgehead atoms. The molecule has 0 aliphatic carbocycles. The summed E-state index contributed by atoms with van der Waals surface area (Å²) in [6, 6.07) is 14.1. The summed E-state index contributed by atoms with van der Waals surface area (Å²) in [5.74, 6) is 0.860. The highest BCUT2D eigenvalue weighted by Crippen LogP contribution is 2.20. The van der Waals surface area contributed by atoms with Gasteiger partial charge in [-0.25, -0.2) is 0 Å². The number of nitrogens with two attached hydrogens (primary N) is 1. The average molecular weight is 284 g/mol. The predicted molar refractivity (Wildman–Crippen MR) is 89.2 cm³/mol. The number of hydrogen-bond donors (Lipinski definition) is 2. The zero-order valence-electron chi connectivity index (χ0n) is 12.8. The lowest BCUT2D eigenvalue weighted by Gasteiger charge is -2.16. The van der Waals surface area contributed by atoms with Gasteiger partial charge in [0.1, 0.15) is 0 Å². The number of fused-ring (bicyclic) bond motifs is 1. The van der Waals surface area contributed by atoms with Crippen LogP contribution in [0.1, 0.15) is 26.7 Å². The maximum absolute atomic E-state index is 12.1. The third-order valence-electron chi connectivity index (χ3n) is 3.65. The largest absolute Gasteiger partial charge is 0.330 e. The fourth-order valence-electron chi connectivity index (χ4n) is 2.67. The highest BCUT2D eigenvalue weighted by molar-refractivity contribution is 5.94. The van der Waals surface area contributed by atoms with Crippen LogP contribution >= 0.6 is 0 Å². The van der Waals surface area contributed by atoms with Crippen LogP contribution in [0, 0.1) is 11.8 Å². The summed E-state index contributed by atoms with van der Waals surface area (Å²) in [5, 5.41) is 5.29. The first kappa shape index (κ1) is 15.5. The monoisotopic (exact) mass is 284 g/mol. The normalized spacial score (nSPS) is 12.6. The molecular formula is C18H24N2O. The molecular weight excluding hydrogens is 260 g/mol. The Morgan fingerprint density at radius 3 is 2.52 bits per heavy atom. The molecule has 0 unspecified atom stereocenters. The Balaban J connectivity index is 2.00. The number of carbonyl (C=O) groups is 1. The zero-order chi connectivity index (χ0) is 15.2. The number of rotatable bonds is 6. The summed E-state index contributed by atoms with van der Waals surface area (Å²) in [5.41, 5.74) is 6.60. The first-order valence-corrected chi connectivity index (χ1v) is 7.57. The number of nitrogens with one attached hydrogen (secondary N) is 1. The number of benzene rings is 2. The molecule has 0 spiro atoms. The molecule has 0 saturated carbocycles. The van der Waals surface area contributed by atoms with Gasteiger partial charge in [0.25, 0.3) is 0 Å². The maximum atomic E-state index is 12.1. The Kier molecular flexibility index (Phi) is 5.34. The number of anilines is 1. The highest BCUT2D eigenvalue weighted by atomic mass is 16.1. The van der Waals surface area contributed by atoms with Gasteiger partial charge in [-0.2, -0.15) is 0 Å². The zero-order valence-corrected chi connectivity index (χ0v) is 12.8. The molecule has 0 radical (unpaired) electrons. The number of amides is 1. The fraction of sp³-hybridized carbons (Fsp3) is 0.389. The third kappa shape index (κ3) is 4.57. The van der Waals surface area contributed by atoms with Crippen LogP contribution in [0.25, 0.3) is 10.8 Å². The number of hydrogen-bond acceptors (Lipinski definition) is 2. The molecule has 112 valence electrons. The molecule has 2 aromatic carbocycles. The van der Waals surface area contributed by atoms with Gasteiger partial charge < -0.3 is 11.1 Å². The van der Waals surface area contributed by atoms with Gasteiger partial charge in [0.15, 0.2) is 0 Å². The van der Waals surface area contributed by atoms with Crippen molar-refractivity contribution in [3.8, 4) is 0 Å². The van der Waals surface area contributed by atoms with Crippen molar-refractivity contribution in [1.29, 1.82) is 0 Å². The van der Waals surface area contributed by atoms with Crippen LogP contribution in [0.2, 0.25) is 0 Å². The van der Waals surface area contributed by atoms with E-state index in [1.54, 1.807) is 0 Å². The quantitative estimate of drug-likeness (QED) is 0.848. The van der Waals surface area contributed by atoms with Crippen LogP contribution in [0.5, 0.6) is 0 Å². The molecule has 0 heterocycles. The average Bonchev–Trinajstić information content (AvgIpc) is 2.45. The SMILES string of the molecule is CC(C)C[C@H](CN)CC(=O)Nc1ccc2ccccc2c1. The molecule has 2 aromatic rings. The number of carbonyl (C=O) groups excluding carboxylic acids is 1. The second-order valence-corrected chi connectivity index (χ2v) is 6.05. The molecule has 1 atom stereocenters. The lowest BCUT2D eigenvalue weighted by molar-refractivity contribution is -0.117. The van der Waals surface area contributed by atoms with Crippen molar-refractivity contribution < 1.29 is 4.79 Å². The summed E-state index contributed by atoms with van der Waals surface area (Å²) in [7, 11) is 0. The summed E-state index contributed by atoms with van der Waals surface area (Å²) < 4.78 is 0. The minimum absolute atomic E-state index is 0.0429. The van der Waals surface area contributed by atoms with E-state index in [2.05, 4.69) is 25.2 Å². The van der Waals surface area contributed by atoms with Crippen LogP contribution in [-0.4, -0.2) is 12.5 Å².